The molecule has 0 saturated heterocycles. The van der Waals surface area contributed by atoms with Gasteiger partial charge in [-0.1, -0.05) is 0 Å². The van der Waals surface area contributed by atoms with E-state index in [1.54, 1.807) is 0 Å². The maximum atomic E-state index is 2.28. The van der Waals surface area contributed by atoms with Crippen LogP contribution in [0.25, 0.3) is 0 Å². The zero-order chi connectivity index (χ0) is 7.66. The minimum atomic E-state index is 1.38. The van der Waals surface area contributed by atoms with Crippen molar-refractivity contribution in [1.82, 2.24) is 0 Å². The zero-order valence-electron chi connectivity index (χ0n) is 7.23. The summed E-state index contributed by atoms with van der Waals surface area (Å²) in [5.74, 6) is 0. The molecule has 0 amide bonds. The molecule has 0 aliphatic rings. The molecular formula is C9H20Sn. The molecule has 0 nitrogen and oxygen atoms in total. The van der Waals surface area contributed by atoms with Gasteiger partial charge in [0.05, 0.1) is 0 Å². The Morgan fingerprint density at radius 1 is 0.800 bits per heavy atom. The average molecular weight is 247 g/mol. The molecule has 10 heavy (non-hydrogen) atoms. The molecule has 0 saturated carbocycles. The summed E-state index contributed by atoms with van der Waals surface area (Å²) in [5, 5.41) is 0. The summed E-state index contributed by atoms with van der Waals surface area (Å²) < 4.78 is 1.50. The Morgan fingerprint density at radius 3 is 1.80 bits per heavy atom. The normalized spacial score (nSPS) is 10.2. The summed E-state index contributed by atoms with van der Waals surface area (Å²) in [7, 11) is 0. The van der Waals surface area contributed by atoms with E-state index in [-0.39, 0.29) is 0 Å². The van der Waals surface area contributed by atoms with Crippen molar-refractivity contribution in [2.75, 3.05) is 0 Å². The van der Waals surface area contributed by atoms with Crippen LogP contribution >= 0.6 is 0 Å². The molecule has 0 aromatic rings. The second kappa shape index (κ2) is 9.80. The van der Waals surface area contributed by atoms with Crippen LogP contribution in [0.5, 0.6) is 0 Å². The van der Waals surface area contributed by atoms with Crippen molar-refractivity contribution in [2.24, 2.45) is 0 Å². The van der Waals surface area contributed by atoms with Crippen molar-refractivity contribution in [3.05, 3.63) is 0 Å². The standard InChI is InChI=1S/C9H19.Sn.H/c1-3-5-7-9-8-6-4-2;;/h1,3-9H2,2H3;;. The third-order valence-corrected chi connectivity index (χ3v) is 2.97. The van der Waals surface area contributed by atoms with Gasteiger partial charge in [0.1, 0.15) is 0 Å². The SMILES string of the molecule is CCCCCCCC[CH2][SnH]. The molecule has 0 rings (SSSR count). The van der Waals surface area contributed by atoms with E-state index in [1.807, 2.05) is 0 Å². The van der Waals surface area contributed by atoms with Crippen molar-refractivity contribution < 1.29 is 0 Å². The van der Waals surface area contributed by atoms with E-state index >= 15 is 0 Å². The molecule has 2 radical (unpaired) electrons. The molecule has 0 fully saturated rings. The van der Waals surface area contributed by atoms with Gasteiger partial charge in [-0.15, -0.1) is 0 Å². The van der Waals surface area contributed by atoms with Gasteiger partial charge < -0.3 is 0 Å². The van der Waals surface area contributed by atoms with Crippen LogP contribution in [-0.2, 0) is 0 Å². The summed E-state index contributed by atoms with van der Waals surface area (Å²) in [6, 6.07) is 0. The van der Waals surface area contributed by atoms with Crippen LogP contribution < -0.4 is 0 Å². The fourth-order valence-electron chi connectivity index (χ4n) is 1.10. The van der Waals surface area contributed by atoms with Crippen LogP contribution in [0.4, 0.5) is 0 Å². The first-order chi connectivity index (χ1) is 4.91. The third kappa shape index (κ3) is 8.80. The van der Waals surface area contributed by atoms with E-state index in [4.69, 9.17) is 0 Å². The second-order valence-electron chi connectivity index (χ2n) is 2.91. The van der Waals surface area contributed by atoms with E-state index < -0.39 is 0 Å². The van der Waals surface area contributed by atoms with Gasteiger partial charge in [0, 0.05) is 0 Å². The van der Waals surface area contributed by atoms with Crippen molar-refractivity contribution >= 4 is 22.5 Å². The van der Waals surface area contributed by atoms with E-state index in [2.05, 4.69) is 6.92 Å². The van der Waals surface area contributed by atoms with Crippen LogP contribution in [0.2, 0.25) is 4.44 Å². The van der Waals surface area contributed by atoms with Crippen LogP contribution in [0, 0.1) is 0 Å². The van der Waals surface area contributed by atoms with Crippen LogP contribution in [0.1, 0.15) is 51.9 Å². The van der Waals surface area contributed by atoms with E-state index in [0.717, 1.165) is 0 Å². The Kier molecular flexibility index (Phi) is 10.6. The van der Waals surface area contributed by atoms with Gasteiger partial charge in [0.2, 0.25) is 0 Å². The van der Waals surface area contributed by atoms with Gasteiger partial charge >= 0.3 is 78.8 Å². The fraction of sp³-hybridized carbons (Fsp3) is 1.00. The Morgan fingerprint density at radius 2 is 1.30 bits per heavy atom. The number of hydrogen-bond donors (Lipinski definition) is 0. The Bertz CT molecular complexity index is 44.7. The summed E-state index contributed by atoms with van der Waals surface area (Å²) in [5.41, 5.74) is 0. The van der Waals surface area contributed by atoms with Crippen molar-refractivity contribution in [3.8, 4) is 0 Å². The first-order valence-corrected chi connectivity index (χ1v) is 6.95. The third-order valence-electron chi connectivity index (χ3n) is 1.81. The first kappa shape index (κ1) is 10.8. The molecular weight excluding hydrogens is 227 g/mol. The number of unbranched alkanes of at least 4 members (excludes halogenated alkanes) is 6. The van der Waals surface area contributed by atoms with Gasteiger partial charge in [0.25, 0.3) is 0 Å². The molecule has 0 aliphatic carbocycles. The molecule has 0 heterocycles. The first-order valence-electron chi connectivity index (χ1n) is 4.62. The van der Waals surface area contributed by atoms with E-state index in [1.165, 1.54) is 71.9 Å². The monoisotopic (exact) mass is 248 g/mol. The topological polar surface area (TPSA) is 0 Å². The Hall–Kier alpha value is 0.799. The van der Waals surface area contributed by atoms with Gasteiger partial charge in [-0.3, -0.25) is 0 Å². The molecule has 0 bridgehead atoms. The molecule has 1 heteroatoms. The molecule has 0 unspecified atom stereocenters. The van der Waals surface area contributed by atoms with Crippen molar-refractivity contribution in [1.29, 1.82) is 0 Å². The molecule has 0 atom stereocenters. The van der Waals surface area contributed by atoms with Gasteiger partial charge in [-0.25, -0.2) is 0 Å². The predicted molar refractivity (Wildman–Crippen MR) is 49.9 cm³/mol. The number of rotatable bonds is 7. The molecule has 0 aromatic heterocycles. The summed E-state index contributed by atoms with van der Waals surface area (Å²) in [6.07, 6.45) is 10.2. The van der Waals surface area contributed by atoms with Crippen LogP contribution in [0.15, 0.2) is 0 Å². The van der Waals surface area contributed by atoms with Gasteiger partial charge in [0.15, 0.2) is 0 Å². The molecule has 0 spiro atoms. The summed E-state index contributed by atoms with van der Waals surface area (Å²) in [4.78, 5) is 0. The zero-order valence-corrected chi connectivity index (χ0v) is 10.5. The van der Waals surface area contributed by atoms with E-state index in [9.17, 15) is 0 Å². The molecule has 60 valence electrons. The van der Waals surface area contributed by atoms with Gasteiger partial charge in [-0.2, -0.15) is 0 Å². The van der Waals surface area contributed by atoms with E-state index in [0.29, 0.717) is 0 Å². The average Bonchev–Trinajstić information content (AvgIpc) is 1.97. The maximum absolute atomic E-state index is 2.28. The summed E-state index contributed by atoms with van der Waals surface area (Å²) >= 11 is 1.46. The quantitative estimate of drug-likeness (QED) is 0.479. The van der Waals surface area contributed by atoms with Crippen LogP contribution in [0.3, 0.4) is 0 Å². The Labute approximate surface area is 78.9 Å². The molecule has 0 aliphatic heterocycles. The molecule has 0 N–H and O–H groups in total. The number of hydrogen-bond acceptors (Lipinski definition) is 0. The van der Waals surface area contributed by atoms with Crippen LogP contribution in [-0.4, -0.2) is 22.5 Å². The van der Waals surface area contributed by atoms with Crippen molar-refractivity contribution in [2.45, 2.75) is 56.3 Å². The summed E-state index contributed by atoms with van der Waals surface area (Å²) in [6.45, 7) is 2.28. The van der Waals surface area contributed by atoms with Crippen molar-refractivity contribution in [3.63, 3.8) is 0 Å². The molecule has 0 aromatic carbocycles. The van der Waals surface area contributed by atoms with Gasteiger partial charge in [-0.05, 0) is 0 Å². The predicted octanol–water partition coefficient (Wildman–Crippen LogP) is 3.06. The fourth-order valence-corrected chi connectivity index (χ4v) is 1.93. The minimum absolute atomic E-state index is 1.38. The second-order valence-corrected chi connectivity index (χ2v) is 4.56. The Balaban J connectivity index is 2.65.